The van der Waals surface area contributed by atoms with Crippen molar-refractivity contribution in [3.63, 3.8) is 0 Å². The van der Waals surface area contributed by atoms with Crippen molar-refractivity contribution < 1.29 is 5.11 Å². The van der Waals surface area contributed by atoms with Gasteiger partial charge < -0.3 is 0 Å². The highest BCUT2D eigenvalue weighted by molar-refractivity contribution is 4.96. The predicted molar refractivity (Wildman–Crippen MR) is 34.2 cm³/mol. The predicted octanol–water partition coefficient (Wildman–Crippen LogP) is 2.16. The van der Waals surface area contributed by atoms with Crippen LogP contribution in [0, 0.1) is 0 Å². The minimum absolute atomic E-state index is 0.439. The molecule has 0 aromatic heterocycles. The van der Waals surface area contributed by atoms with E-state index in [9.17, 15) is 5.11 Å². The molecule has 0 heterocycles. The Kier molecular flexibility index (Phi) is 3.53. The molecule has 1 nitrogen and oxygen atoms in total. The molecule has 0 aliphatic rings. The molecule has 0 saturated carbocycles. The molecule has 0 aliphatic heterocycles. The fourth-order valence-corrected chi connectivity index (χ4v) is 0.571. The van der Waals surface area contributed by atoms with Crippen molar-refractivity contribution in [2.75, 3.05) is 0 Å². The van der Waals surface area contributed by atoms with Crippen molar-refractivity contribution in [2.45, 2.75) is 33.3 Å². The Bertz CT molecular complexity index is 82.4. The van der Waals surface area contributed by atoms with E-state index < -0.39 is 6.10 Å². The van der Waals surface area contributed by atoms with E-state index in [4.69, 9.17) is 0 Å². The van der Waals surface area contributed by atoms with Gasteiger partial charge in [-0.2, -0.15) is 0 Å². The first-order chi connectivity index (χ1) is 3.66. The molecule has 1 atom stereocenters. The third kappa shape index (κ3) is 3.88. The topological polar surface area (TPSA) is 19.9 Å². The summed E-state index contributed by atoms with van der Waals surface area (Å²) in [4.78, 5) is 0. The molecule has 0 aromatic rings. The lowest BCUT2D eigenvalue weighted by atomic mass is 10.1. The van der Waals surface area contributed by atoms with Gasteiger partial charge in [-0.15, -0.1) is 0 Å². The van der Waals surface area contributed by atoms with Crippen molar-refractivity contribution in [1.82, 2.24) is 0 Å². The quantitative estimate of drug-likeness (QED) is 0.489. The molecule has 0 aliphatic carbocycles. The standard InChI is InChI=1S/C7H13O/c1-4-6(2)5-7(3)8/h4,7H,5H2,1-3H3. The Balaban J connectivity index is 3.39. The van der Waals surface area contributed by atoms with E-state index in [0.717, 1.165) is 0 Å². The van der Waals surface area contributed by atoms with Gasteiger partial charge in [0.2, 0.25) is 0 Å². The molecule has 0 saturated heterocycles. The summed E-state index contributed by atoms with van der Waals surface area (Å²) in [6.07, 6.45) is 2.23. The van der Waals surface area contributed by atoms with Crippen LogP contribution in [-0.4, -0.2) is 6.10 Å². The molecule has 0 fully saturated rings. The number of rotatable bonds is 2. The van der Waals surface area contributed by atoms with Crippen molar-refractivity contribution in [1.29, 1.82) is 0 Å². The summed E-state index contributed by atoms with van der Waals surface area (Å²) in [5.74, 6) is 0. The van der Waals surface area contributed by atoms with Crippen LogP contribution in [-0.2, 0) is 5.11 Å². The van der Waals surface area contributed by atoms with Crippen LogP contribution in [0.2, 0.25) is 0 Å². The fraction of sp³-hybridized carbons (Fsp3) is 0.714. The van der Waals surface area contributed by atoms with E-state index >= 15 is 0 Å². The summed E-state index contributed by atoms with van der Waals surface area (Å²) < 4.78 is 0. The molecule has 47 valence electrons. The molecule has 0 rings (SSSR count). The molecular weight excluding hydrogens is 100 g/mol. The fourth-order valence-electron chi connectivity index (χ4n) is 0.571. The average Bonchev–Trinajstić information content (AvgIpc) is 1.65. The van der Waals surface area contributed by atoms with Crippen molar-refractivity contribution in [3.05, 3.63) is 11.6 Å². The van der Waals surface area contributed by atoms with Crippen LogP contribution in [0.3, 0.4) is 0 Å². The number of hydrogen-bond acceptors (Lipinski definition) is 0. The van der Waals surface area contributed by atoms with Gasteiger partial charge in [-0.1, -0.05) is 11.6 Å². The van der Waals surface area contributed by atoms with Crippen LogP contribution in [0.25, 0.3) is 0 Å². The Morgan fingerprint density at radius 1 is 1.75 bits per heavy atom. The highest BCUT2D eigenvalue weighted by atomic mass is 16.3. The molecule has 8 heavy (non-hydrogen) atoms. The molecule has 1 radical (unpaired) electrons. The van der Waals surface area contributed by atoms with Gasteiger partial charge in [-0.25, -0.2) is 5.11 Å². The van der Waals surface area contributed by atoms with Gasteiger partial charge in [0.05, 0.1) is 6.10 Å². The van der Waals surface area contributed by atoms with Gasteiger partial charge in [0.15, 0.2) is 0 Å². The summed E-state index contributed by atoms with van der Waals surface area (Å²) in [6.45, 7) is 5.62. The van der Waals surface area contributed by atoms with Crippen LogP contribution in [0.1, 0.15) is 27.2 Å². The normalized spacial score (nSPS) is 16.2. The second-order valence-electron chi connectivity index (χ2n) is 2.15. The van der Waals surface area contributed by atoms with E-state index in [2.05, 4.69) is 0 Å². The van der Waals surface area contributed by atoms with Crippen LogP contribution in [0.5, 0.6) is 0 Å². The lowest BCUT2D eigenvalue weighted by Crippen LogP contribution is -1.96. The Morgan fingerprint density at radius 2 is 2.25 bits per heavy atom. The third-order valence-electron chi connectivity index (χ3n) is 1.10. The molecule has 0 bridgehead atoms. The first-order valence-corrected chi connectivity index (χ1v) is 2.94. The molecule has 0 spiro atoms. The smallest absolute Gasteiger partial charge is 0.0938 e. The highest BCUT2D eigenvalue weighted by Gasteiger charge is 1.95. The third-order valence-corrected chi connectivity index (χ3v) is 1.10. The van der Waals surface area contributed by atoms with E-state index in [1.54, 1.807) is 6.92 Å². The van der Waals surface area contributed by atoms with Crippen molar-refractivity contribution in [2.24, 2.45) is 0 Å². The maximum atomic E-state index is 10.5. The van der Waals surface area contributed by atoms with Crippen LogP contribution in [0.15, 0.2) is 11.6 Å². The lowest BCUT2D eigenvalue weighted by Gasteiger charge is -1.98. The van der Waals surface area contributed by atoms with Crippen molar-refractivity contribution in [3.8, 4) is 0 Å². The average molecular weight is 113 g/mol. The molecule has 1 heteroatoms. The maximum Gasteiger partial charge on any atom is 0.0938 e. The van der Waals surface area contributed by atoms with Gasteiger partial charge >= 0.3 is 0 Å². The van der Waals surface area contributed by atoms with E-state index in [1.807, 2.05) is 19.9 Å². The summed E-state index contributed by atoms with van der Waals surface area (Å²) >= 11 is 0. The zero-order valence-electron chi connectivity index (χ0n) is 5.77. The number of hydrogen-bond donors (Lipinski definition) is 0. The largest absolute Gasteiger partial charge is 0.233 e. The van der Waals surface area contributed by atoms with Gasteiger partial charge in [-0.3, -0.25) is 0 Å². The second kappa shape index (κ2) is 3.67. The van der Waals surface area contributed by atoms with Crippen LogP contribution >= 0.6 is 0 Å². The van der Waals surface area contributed by atoms with Crippen molar-refractivity contribution >= 4 is 0 Å². The van der Waals surface area contributed by atoms with Gasteiger partial charge in [0, 0.05) is 0 Å². The Labute approximate surface area is 51.0 Å². The Hall–Kier alpha value is -0.300. The van der Waals surface area contributed by atoms with E-state index in [-0.39, 0.29) is 0 Å². The van der Waals surface area contributed by atoms with E-state index in [1.165, 1.54) is 5.57 Å². The zero-order valence-corrected chi connectivity index (χ0v) is 5.77. The van der Waals surface area contributed by atoms with Crippen LogP contribution < -0.4 is 0 Å². The minimum Gasteiger partial charge on any atom is -0.233 e. The zero-order chi connectivity index (χ0) is 6.57. The Morgan fingerprint density at radius 3 is 2.38 bits per heavy atom. The molecule has 0 amide bonds. The van der Waals surface area contributed by atoms with Gasteiger partial charge in [0.1, 0.15) is 0 Å². The number of allylic oxidation sites excluding steroid dienone is 1. The van der Waals surface area contributed by atoms with Gasteiger partial charge in [0.25, 0.3) is 0 Å². The van der Waals surface area contributed by atoms with Gasteiger partial charge in [-0.05, 0) is 27.2 Å². The minimum atomic E-state index is -0.439. The first-order valence-electron chi connectivity index (χ1n) is 2.94. The second-order valence-corrected chi connectivity index (χ2v) is 2.15. The lowest BCUT2D eigenvalue weighted by molar-refractivity contribution is 0.106. The monoisotopic (exact) mass is 113 g/mol. The first kappa shape index (κ1) is 7.70. The molecule has 1 unspecified atom stereocenters. The maximum absolute atomic E-state index is 10.5. The highest BCUT2D eigenvalue weighted by Crippen LogP contribution is 2.02. The molecule has 0 aromatic carbocycles. The van der Waals surface area contributed by atoms with E-state index in [0.29, 0.717) is 6.42 Å². The molecular formula is C7H13O. The summed E-state index contributed by atoms with van der Waals surface area (Å²) in [6, 6.07) is 0. The molecule has 0 N–H and O–H groups in total. The summed E-state index contributed by atoms with van der Waals surface area (Å²) in [5.41, 5.74) is 1.19. The summed E-state index contributed by atoms with van der Waals surface area (Å²) in [7, 11) is 0. The van der Waals surface area contributed by atoms with Crippen LogP contribution in [0.4, 0.5) is 0 Å². The summed E-state index contributed by atoms with van der Waals surface area (Å²) in [5, 5.41) is 10.5. The SMILES string of the molecule is CC=C(C)CC(C)[O].